The van der Waals surface area contributed by atoms with E-state index in [0.717, 1.165) is 12.8 Å². The van der Waals surface area contributed by atoms with Crippen molar-refractivity contribution in [3.63, 3.8) is 0 Å². The third-order valence-electron chi connectivity index (χ3n) is 3.95. The molecule has 1 saturated heterocycles. The standard InChI is InChI=1S/C16H28N2O2S.Na/c1-2-3-4-5-6-7-8-9-10-11-12-13-14(19)17-16(21)18-15(13)20;/h13H,2-12H2,1H3,(H2,17,18,19,20,21);/q;+1. The van der Waals surface area contributed by atoms with Crippen LogP contribution in [0, 0.1) is 5.92 Å². The molecule has 0 spiro atoms. The Labute approximate surface area is 161 Å². The van der Waals surface area contributed by atoms with Crippen molar-refractivity contribution in [2.45, 2.75) is 77.6 Å². The number of carbonyl (C=O) groups excluding carboxylic acids is 2. The minimum atomic E-state index is -0.564. The van der Waals surface area contributed by atoms with Gasteiger partial charge in [0.05, 0.1) is 0 Å². The third-order valence-corrected chi connectivity index (χ3v) is 4.16. The van der Waals surface area contributed by atoms with Crippen LogP contribution in [-0.4, -0.2) is 16.9 Å². The van der Waals surface area contributed by atoms with Crippen LogP contribution < -0.4 is 40.2 Å². The molecule has 2 N–H and O–H groups in total. The molecule has 0 unspecified atom stereocenters. The van der Waals surface area contributed by atoms with Gasteiger partial charge >= 0.3 is 29.6 Å². The molecule has 1 rings (SSSR count). The van der Waals surface area contributed by atoms with E-state index in [0.29, 0.717) is 6.42 Å². The number of thiocarbonyl (C=S) groups is 1. The van der Waals surface area contributed by atoms with Gasteiger partial charge in [-0.25, -0.2) is 0 Å². The topological polar surface area (TPSA) is 58.2 Å². The number of nitrogens with one attached hydrogen (secondary N) is 2. The summed E-state index contributed by atoms with van der Waals surface area (Å²) in [5.41, 5.74) is 0. The van der Waals surface area contributed by atoms with Crippen molar-refractivity contribution in [1.82, 2.24) is 10.6 Å². The molecule has 0 atom stereocenters. The number of hydrogen-bond acceptors (Lipinski definition) is 3. The van der Waals surface area contributed by atoms with Crippen molar-refractivity contribution in [1.29, 1.82) is 0 Å². The molecule has 1 fully saturated rings. The van der Waals surface area contributed by atoms with E-state index >= 15 is 0 Å². The monoisotopic (exact) mass is 335 g/mol. The van der Waals surface area contributed by atoms with Crippen molar-refractivity contribution in [3.05, 3.63) is 0 Å². The first kappa shape index (κ1) is 22.0. The molecule has 0 saturated carbocycles. The van der Waals surface area contributed by atoms with E-state index in [-0.39, 0.29) is 46.5 Å². The summed E-state index contributed by atoms with van der Waals surface area (Å²) in [6.07, 6.45) is 13.1. The molecular formula is C16H28N2NaO2S+. The van der Waals surface area contributed by atoms with Crippen LogP contribution in [-0.2, 0) is 9.59 Å². The van der Waals surface area contributed by atoms with Gasteiger partial charge in [-0.05, 0) is 18.6 Å². The fourth-order valence-corrected chi connectivity index (χ4v) is 2.85. The molecule has 0 radical (unpaired) electrons. The minimum Gasteiger partial charge on any atom is -0.302 e. The van der Waals surface area contributed by atoms with Crippen molar-refractivity contribution in [2.24, 2.45) is 5.92 Å². The number of unbranched alkanes of at least 4 members (excludes halogenated alkanes) is 9. The van der Waals surface area contributed by atoms with E-state index in [4.69, 9.17) is 12.2 Å². The van der Waals surface area contributed by atoms with Crippen molar-refractivity contribution in [3.8, 4) is 0 Å². The number of amides is 2. The molecule has 1 heterocycles. The Kier molecular flexibility index (Phi) is 13.5. The quantitative estimate of drug-likeness (QED) is 0.249. The second-order valence-electron chi connectivity index (χ2n) is 5.83. The van der Waals surface area contributed by atoms with Crippen molar-refractivity contribution < 1.29 is 39.1 Å². The van der Waals surface area contributed by atoms with Crippen LogP contribution in [0.15, 0.2) is 0 Å². The normalized spacial score (nSPS) is 15.2. The summed E-state index contributed by atoms with van der Waals surface area (Å²) in [4.78, 5) is 23.3. The van der Waals surface area contributed by atoms with Crippen molar-refractivity contribution >= 4 is 29.1 Å². The summed E-state index contributed by atoms with van der Waals surface area (Å²) in [5, 5.41) is 5.14. The van der Waals surface area contributed by atoms with E-state index in [9.17, 15) is 9.59 Å². The number of rotatable bonds is 11. The van der Waals surface area contributed by atoms with Gasteiger partial charge < -0.3 is 10.6 Å². The fourth-order valence-electron chi connectivity index (χ4n) is 2.65. The Morgan fingerprint density at radius 3 is 1.68 bits per heavy atom. The molecular weight excluding hydrogens is 307 g/mol. The maximum atomic E-state index is 11.6. The Morgan fingerprint density at radius 1 is 0.818 bits per heavy atom. The Bertz CT molecular complexity index is 344. The Morgan fingerprint density at radius 2 is 1.23 bits per heavy atom. The first-order chi connectivity index (χ1) is 10.1. The molecule has 0 aromatic rings. The number of hydrogen-bond donors (Lipinski definition) is 2. The SMILES string of the molecule is CCCCCCCCCCCCC1C(=O)NC(=S)NC1=O.[Na+]. The second-order valence-corrected chi connectivity index (χ2v) is 6.24. The Hall–Kier alpha value is 0.0300. The van der Waals surface area contributed by atoms with E-state index in [1.807, 2.05) is 0 Å². The van der Waals surface area contributed by atoms with Gasteiger partial charge in [0.1, 0.15) is 5.92 Å². The molecule has 0 aromatic carbocycles. The van der Waals surface area contributed by atoms with E-state index in [1.165, 1.54) is 51.4 Å². The van der Waals surface area contributed by atoms with Gasteiger partial charge in [-0.15, -0.1) is 0 Å². The largest absolute Gasteiger partial charge is 1.00 e. The van der Waals surface area contributed by atoms with E-state index < -0.39 is 5.92 Å². The second kappa shape index (κ2) is 13.5. The van der Waals surface area contributed by atoms with E-state index in [1.54, 1.807) is 0 Å². The first-order valence-corrected chi connectivity index (χ1v) is 8.71. The van der Waals surface area contributed by atoms with Crippen LogP contribution in [0.2, 0.25) is 0 Å². The van der Waals surface area contributed by atoms with Crippen LogP contribution in [0.4, 0.5) is 0 Å². The molecule has 22 heavy (non-hydrogen) atoms. The van der Waals surface area contributed by atoms with Crippen LogP contribution in [0.25, 0.3) is 0 Å². The fraction of sp³-hybridized carbons (Fsp3) is 0.812. The van der Waals surface area contributed by atoms with Crippen LogP contribution >= 0.6 is 12.2 Å². The van der Waals surface area contributed by atoms with Crippen molar-refractivity contribution in [2.75, 3.05) is 0 Å². The zero-order valence-electron chi connectivity index (χ0n) is 14.1. The zero-order chi connectivity index (χ0) is 15.5. The molecule has 0 aromatic heterocycles. The molecule has 1 aliphatic rings. The van der Waals surface area contributed by atoms with Gasteiger partial charge in [-0.2, -0.15) is 0 Å². The van der Waals surface area contributed by atoms with Gasteiger partial charge in [-0.1, -0.05) is 71.1 Å². The van der Waals surface area contributed by atoms with Gasteiger partial charge in [0.2, 0.25) is 11.8 Å². The molecule has 4 nitrogen and oxygen atoms in total. The van der Waals surface area contributed by atoms with Gasteiger partial charge in [-0.3, -0.25) is 9.59 Å². The maximum absolute atomic E-state index is 11.6. The molecule has 2 amide bonds. The zero-order valence-corrected chi connectivity index (χ0v) is 16.9. The average molecular weight is 335 g/mol. The molecule has 6 heteroatoms. The summed E-state index contributed by atoms with van der Waals surface area (Å²) in [5.74, 6) is -1.06. The van der Waals surface area contributed by atoms with E-state index in [2.05, 4.69) is 17.6 Å². The predicted molar refractivity (Wildman–Crippen MR) is 88.8 cm³/mol. The van der Waals surface area contributed by atoms with Gasteiger partial charge in [0.15, 0.2) is 5.11 Å². The molecule has 120 valence electrons. The molecule has 0 bridgehead atoms. The average Bonchev–Trinajstić information content (AvgIpc) is 2.43. The summed E-state index contributed by atoms with van der Waals surface area (Å²) >= 11 is 4.77. The summed E-state index contributed by atoms with van der Waals surface area (Å²) < 4.78 is 0. The minimum absolute atomic E-state index is 0. The predicted octanol–water partition coefficient (Wildman–Crippen LogP) is 0.449. The first-order valence-electron chi connectivity index (χ1n) is 8.31. The van der Waals surface area contributed by atoms with Gasteiger partial charge in [0, 0.05) is 0 Å². The molecule has 0 aliphatic carbocycles. The summed E-state index contributed by atoms with van der Waals surface area (Å²) in [6, 6.07) is 0. The maximum Gasteiger partial charge on any atom is 1.00 e. The summed E-state index contributed by atoms with van der Waals surface area (Å²) in [6.45, 7) is 2.24. The summed E-state index contributed by atoms with van der Waals surface area (Å²) in [7, 11) is 0. The number of carbonyl (C=O) groups is 2. The third kappa shape index (κ3) is 9.23. The smallest absolute Gasteiger partial charge is 0.302 e. The Balaban J connectivity index is 0.00000441. The van der Waals surface area contributed by atoms with Gasteiger partial charge in [0.25, 0.3) is 0 Å². The van der Waals surface area contributed by atoms with Crippen LogP contribution in [0.5, 0.6) is 0 Å². The molecule has 1 aliphatic heterocycles. The van der Waals surface area contributed by atoms with Crippen LogP contribution in [0.3, 0.4) is 0 Å². The van der Waals surface area contributed by atoms with Crippen LogP contribution in [0.1, 0.15) is 77.6 Å².